The van der Waals surface area contributed by atoms with Crippen LogP contribution in [0.15, 0.2) is 23.7 Å². The van der Waals surface area contributed by atoms with Crippen molar-refractivity contribution in [3.05, 3.63) is 29.4 Å². The van der Waals surface area contributed by atoms with E-state index >= 15 is 0 Å². The topological polar surface area (TPSA) is 29.9 Å². The maximum atomic E-state index is 4.40. The van der Waals surface area contributed by atoms with Gasteiger partial charge in [-0.15, -0.1) is 11.3 Å². The minimum atomic E-state index is 0.476. The molecule has 1 saturated heterocycles. The second-order valence-corrected chi connectivity index (χ2v) is 5.14. The molecular formula is C12H15N3S. The molecule has 0 aliphatic carbocycles. The first-order valence-electron chi connectivity index (χ1n) is 5.65. The third-order valence-electron chi connectivity index (χ3n) is 3.16. The van der Waals surface area contributed by atoms with Gasteiger partial charge >= 0.3 is 0 Å². The normalized spacial score (nSPS) is 20.4. The van der Waals surface area contributed by atoms with Crippen molar-refractivity contribution in [2.24, 2.45) is 7.05 Å². The zero-order valence-corrected chi connectivity index (χ0v) is 10.1. The van der Waals surface area contributed by atoms with Gasteiger partial charge < -0.3 is 5.32 Å². The third kappa shape index (κ3) is 1.58. The van der Waals surface area contributed by atoms with E-state index in [4.69, 9.17) is 0 Å². The van der Waals surface area contributed by atoms with Crippen LogP contribution in [-0.4, -0.2) is 16.3 Å². The second-order valence-electron chi connectivity index (χ2n) is 4.19. The van der Waals surface area contributed by atoms with Gasteiger partial charge in [0.25, 0.3) is 0 Å². The Labute approximate surface area is 99.1 Å². The molecule has 3 rings (SSSR count). The van der Waals surface area contributed by atoms with Crippen molar-refractivity contribution >= 4 is 11.3 Å². The average Bonchev–Trinajstić information content (AvgIpc) is 2.96. The minimum Gasteiger partial charge on any atom is -0.309 e. The van der Waals surface area contributed by atoms with E-state index in [9.17, 15) is 0 Å². The molecule has 0 radical (unpaired) electrons. The molecule has 4 heteroatoms. The smallest absolute Gasteiger partial charge is 0.0636 e. The van der Waals surface area contributed by atoms with Gasteiger partial charge in [0.15, 0.2) is 0 Å². The Bertz CT molecular complexity index is 466. The Morgan fingerprint density at radius 1 is 1.56 bits per heavy atom. The van der Waals surface area contributed by atoms with Crippen molar-refractivity contribution in [2.45, 2.75) is 18.9 Å². The summed E-state index contributed by atoms with van der Waals surface area (Å²) in [5.41, 5.74) is 2.62. The lowest BCUT2D eigenvalue weighted by Gasteiger charge is -2.12. The molecular weight excluding hydrogens is 218 g/mol. The first-order valence-corrected chi connectivity index (χ1v) is 6.53. The Morgan fingerprint density at radius 2 is 2.50 bits per heavy atom. The van der Waals surface area contributed by atoms with Crippen LogP contribution >= 0.6 is 11.3 Å². The summed E-state index contributed by atoms with van der Waals surface area (Å²) in [5.74, 6) is 0. The summed E-state index contributed by atoms with van der Waals surface area (Å²) >= 11 is 1.78. The summed E-state index contributed by atoms with van der Waals surface area (Å²) in [6, 6.07) is 4.74. The van der Waals surface area contributed by atoms with E-state index in [1.54, 1.807) is 11.3 Å². The van der Waals surface area contributed by atoms with Crippen LogP contribution in [0.2, 0.25) is 0 Å². The summed E-state index contributed by atoms with van der Waals surface area (Å²) in [4.78, 5) is 1.32. The van der Waals surface area contributed by atoms with E-state index in [2.05, 4.69) is 27.9 Å². The van der Waals surface area contributed by atoms with E-state index in [-0.39, 0.29) is 0 Å². The summed E-state index contributed by atoms with van der Waals surface area (Å²) in [5, 5.41) is 10.1. The molecule has 0 aromatic carbocycles. The van der Waals surface area contributed by atoms with Crippen molar-refractivity contribution in [2.75, 3.05) is 6.54 Å². The van der Waals surface area contributed by atoms with Crippen molar-refractivity contribution < 1.29 is 0 Å². The number of hydrogen-bond donors (Lipinski definition) is 1. The number of thiophene rings is 1. The van der Waals surface area contributed by atoms with Crippen LogP contribution in [0.25, 0.3) is 10.4 Å². The standard InChI is InChI=1S/C12H15N3S/c1-15-12(10-4-2-6-13-10)9(8-14-15)11-5-3-7-16-11/h3,5,7-8,10,13H,2,4,6H2,1H3. The fourth-order valence-corrected chi connectivity index (χ4v) is 3.14. The van der Waals surface area contributed by atoms with Gasteiger partial charge in [-0.25, -0.2) is 0 Å². The fraction of sp³-hybridized carbons (Fsp3) is 0.417. The predicted molar refractivity (Wildman–Crippen MR) is 66.5 cm³/mol. The van der Waals surface area contributed by atoms with Crippen LogP contribution in [0, 0.1) is 0 Å². The number of nitrogens with zero attached hydrogens (tertiary/aromatic N) is 2. The number of rotatable bonds is 2. The van der Waals surface area contributed by atoms with E-state index in [1.165, 1.54) is 29.0 Å². The van der Waals surface area contributed by atoms with E-state index < -0.39 is 0 Å². The Morgan fingerprint density at radius 3 is 3.19 bits per heavy atom. The number of aromatic nitrogens is 2. The zero-order valence-electron chi connectivity index (χ0n) is 9.31. The molecule has 1 atom stereocenters. The first kappa shape index (κ1) is 10.1. The van der Waals surface area contributed by atoms with Crippen LogP contribution < -0.4 is 5.32 Å². The number of hydrogen-bond acceptors (Lipinski definition) is 3. The van der Waals surface area contributed by atoms with Crippen LogP contribution in [0.4, 0.5) is 0 Å². The Kier molecular flexibility index (Phi) is 2.53. The molecule has 3 nitrogen and oxygen atoms in total. The quantitative estimate of drug-likeness (QED) is 0.864. The van der Waals surface area contributed by atoms with Crippen LogP contribution in [-0.2, 0) is 7.05 Å². The van der Waals surface area contributed by atoms with Gasteiger partial charge in [0.1, 0.15) is 0 Å². The van der Waals surface area contributed by atoms with E-state index in [0.29, 0.717) is 6.04 Å². The summed E-state index contributed by atoms with van der Waals surface area (Å²) in [6.45, 7) is 1.12. The molecule has 2 aromatic heterocycles. The lowest BCUT2D eigenvalue weighted by molar-refractivity contribution is 0.575. The van der Waals surface area contributed by atoms with Crippen LogP contribution in [0.3, 0.4) is 0 Å². The molecule has 2 aromatic rings. The van der Waals surface area contributed by atoms with Crippen molar-refractivity contribution in [3.63, 3.8) is 0 Å². The maximum absolute atomic E-state index is 4.40. The molecule has 0 amide bonds. The number of nitrogens with one attached hydrogen (secondary N) is 1. The molecule has 1 unspecified atom stereocenters. The highest BCUT2D eigenvalue weighted by Gasteiger charge is 2.23. The second kappa shape index (κ2) is 4.03. The van der Waals surface area contributed by atoms with E-state index in [1.807, 2.05) is 17.9 Å². The van der Waals surface area contributed by atoms with Gasteiger partial charge in [-0.1, -0.05) is 6.07 Å². The average molecular weight is 233 g/mol. The van der Waals surface area contributed by atoms with Gasteiger partial charge in [-0.2, -0.15) is 5.10 Å². The van der Waals surface area contributed by atoms with Gasteiger partial charge in [0.05, 0.1) is 11.9 Å². The Hall–Kier alpha value is -1.13. The highest BCUT2D eigenvalue weighted by atomic mass is 32.1. The molecule has 0 spiro atoms. The van der Waals surface area contributed by atoms with Gasteiger partial charge in [0.2, 0.25) is 0 Å². The van der Waals surface area contributed by atoms with Gasteiger partial charge in [0, 0.05) is 23.5 Å². The lowest BCUT2D eigenvalue weighted by Crippen LogP contribution is -2.16. The summed E-state index contributed by atoms with van der Waals surface area (Å²) in [7, 11) is 2.03. The molecule has 0 bridgehead atoms. The molecule has 1 fully saturated rings. The molecule has 16 heavy (non-hydrogen) atoms. The molecule has 1 aliphatic rings. The molecule has 1 aliphatic heterocycles. The molecule has 1 N–H and O–H groups in total. The minimum absolute atomic E-state index is 0.476. The predicted octanol–water partition coefficient (Wildman–Crippen LogP) is 2.57. The highest BCUT2D eigenvalue weighted by molar-refractivity contribution is 7.13. The monoisotopic (exact) mass is 233 g/mol. The van der Waals surface area contributed by atoms with Crippen LogP contribution in [0.5, 0.6) is 0 Å². The fourth-order valence-electron chi connectivity index (χ4n) is 2.40. The van der Waals surface area contributed by atoms with Crippen molar-refractivity contribution in [1.29, 1.82) is 0 Å². The molecule has 0 saturated carbocycles. The van der Waals surface area contributed by atoms with Gasteiger partial charge in [-0.3, -0.25) is 4.68 Å². The first-order chi connectivity index (χ1) is 7.86. The lowest BCUT2D eigenvalue weighted by atomic mass is 10.1. The largest absolute Gasteiger partial charge is 0.309 e. The summed E-state index contributed by atoms with van der Waals surface area (Å²) < 4.78 is 2.01. The van der Waals surface area contributed by atoms with Crippen LogP contribution in [0.1, 0.15) is 24.6 Å². The molecule has 3 heterocycles. The molecule has 84 valence electrons. The summed E-state index contributed by atoms with van der Waals surface area (Å²) in [6.07, 6.45) is 4.47. The highest BCUT2D eigenvalue weighted by Crippen LogP contribution is 2.34. The SMILES string of the molecule is Cn1ncc(-c2cccs2)c1C1CCCN1. The number of aryl methyl sites for hydroxylation is 1. The third-order valence-corrected chi connectivity index (χ3v) is 4.06. The maximum Gasteiger partial charge on any atom is 0.0636 e. The van der Waals surface area contributed by atoms with E-state index in [0.717, 1.165) is 6.54 Å². The zero-order chi connectivity index (χ0) is 11.0. The Balaban J connectivity index is 2.05. The van der Waals surface area contributed by atoms with Gasteiger partial charge in [-0.05, 0) is 30.8 Å². The van der Waals surface area contributed by atoms with Crippen molar-refractivity contribution in [3.8, 4) is 10.4 Å². The van der Waals surface area contributed by atoms with Crippen molar-refractivity contribution in [1.82, 2.24) is 15.1 Å².